The third kappa shape index (κ3) is 1.96. The first-order chi connectivity index (χ1) is 6.70. The van der Waals surface area contributed by atoms with Crippen molar-refractivity contribution in [2.45, 2.75) is 6.10 Å². The first-order valence-corrected chi connectivity index (χ1v) is 5.84. The molecular formula is C8H7BrINO3. The number of hydrogen-bond donors (Lipinski definition) is 1. The minimum absolute atomic E-state index is 0.0457. The molecule has 0 saturated carbocycles. The van der Waals surface area contributed by atoms with Crippen LogP contribution in [0.5, 0.6) is 11.5 Å². The molecule has 0 aliphatic carbocycles. The number of nitrogens with zero attached hydrogens (tertiary/aromatic N) is 1. The summed E-state index contributed by atoms with van der Waals surface area (Å²) in [5.74, 6) is 1.23. The normalized spacial score (nSPS) is 19.5. The average molecular weight is 372 g/mol. The standard InChI is InChI=1S/C8H7BrINO3/c9-8-7-5(1-6(10)11-8)14-4(2-12)3-13-7/h1,4,12H,2-3H2. The van der Waals surface area contributed by atoms with Crippen molar-refractivity contribution in [3.63, 3.8) is 0 Å². The third-order valence-electron chi connectivity index (χ3n) is 1.78. The Labute approximate surface area is 103 Å². The van der Waals surface area contributed by atoms with E-state index in [2.05, 4.69) is 43.5 Å². The number of fused-ring (bicyclic) bond motifs is 1. The lowest BCUT2D eigenvalue weighted by Gasteiger charge is -2.25. The van der Waals surface area contributed by atoms with Gasteiger partial charge in [-0.1, -0.05) is 0 Å². The molecule has 2 heterocycles. The fraction of sp³-hybridized carbons (Fsp3) is 0.375. The van der Waals surface area contributed by atoms with Crippen LogP contribution in [-0.4, -0.2) is 29.4 Å². The number of ether oxygens (including phenoxy) is 2. The highest BCUT2D eigenvalue weighted by molar-refractivity contribution is 14.1. The fourth-order valence-electron chi connectivity index (χ4n) is 1.15. The van der Waals surface area contributed by atoms with Gasteiger partial charge in [0.1, 0.15) is 10.3 Å². The highest BCUT2D eigenvalue weighted by Crippen LogP contribution is 2.37. The van der Waals surface area contributed by atoms with Crippen LogP contribution in [0.25, 0.3) is 0 Å². The summed E-state index contributed by atoms with van der Waals surface area (Å²) in [4.78, 5) is 4.17. The summed E-state index contributed by atoms with van der Waals surface area (Å²) in [6.45, 7) is 0.306. The summed E-state index contributed by atoms with van der Waals surface area (Å²) in [5, 5.41) is 8.92. The van der Waals surface area contributed by atoms with E-state index >= 15 is 0 Å². The summed E-state index contributed by atoms with van der Waals surface area (Å²) in [5.41, 5.74) is 0. The van der Waals surface area contributed by atoms with Gasteiger partial charge in [0.2, 0.25) is 0 Å². The second-order valence-corrected chi connectivity index (χ2v) is 4.65. The molecule has 0 saturated heterocycles. The molecule has 0 aromatic carbocycles. The lowest BCUT2D eigenvalue weighted by atomic mass is 10.3. The van der Waals surface area contributed by atoms with Gasteiger partial charge in [0.25, 0.3) is 0 Å². The summed E-state index contributed by atoms with van der Waals surface area (Å²) in [6, 6.07) is 1.78. The average Bonchev–Trinajstić information content (AvgIpc) is 2.16. The van der Waals surface area contributed by atoms with Crippen molar-refractivity contribution in [1.82, 2.24) is 4.98 Å². The topological polar surface area (TPSA) is 51.6 Å². The predicted octanol–water partition coefficient (Wildman–Crippen LogP) is 1.58. The van der Waals surface area contributed by atoms with Crippen molar-refractivity contribution in [2.75, 3.05) is 13.2 Å². The van der Waals surface area contributed by atoms with Crippen LogP contribution in [0.1, 0.15) is 0 Å². The van der Waals surface area contributed by atoms with Crippen LogP contribution in [0.4, 0.5) is 0 Å². The van der Waals surface area contributed by atoms with Gasteiger partial charge in [0.15, 0.2) is 22.2 Å². The van der Waals surface area contributed by atoms with Crippen molar-refractivity contribution in [3.05, 3.63) is 14.4 Å². The van der Waals surface area contributed by atoms with E-state index < -0.39 is 0 Å². The van der Waals surface area contributed by atoms with Gasteiger partial charge in [-0.2, -0.15) is 0 Å². The maximum Gasteiger partial charge on any atom is 0.194 e. The molecular weight excluding hydrogens is 365 g/mol. The van der Waals surface area contributed by atoms with Gasteiger partial charge in [-0.3, -0.25) is 0 Å². The fourth-order valence-corrected chi connectivity index (χ4v) is 2.51. The molecule has 1 unspecified atom stereocenters. The van der Waals surface area contributed by atoms with Crippen LogP contribution in [0.3, 0.4) is 0 Å². The number of aliphatic hydroxyl groups excluding tert-OH is 1. The van der Waals surface area contributed by atoms with Gasteiger partial charge in [-0.05, 0) is 38.5 Å². The Hall–Kier alpha value is -0.0800. The molecule has 0 fully saturated rings. The Morgan fingerprint density at radius 1 is 1.71 bits per heavy atom. The molecule has 4 nitrogen and oxygen atoms in total. The van der Waals surface area contributed by atoms with Gasteiger partial charge in [0.05, 0.1) is 6.61 Å². The van der Waals surface area contributed by atoms with Gasteiger partial charge in [-0.15, -0.1) is 0 Å². The molecule has 0 amide bonds. The van der Waals surface area contributed by atoms with Crippen LogP contribution >= 0.6 is 38.5 Å². The zero-order chi connectivity index (χ0) is 10.1. The zero-order valence-corrected chi connectivity index (χ0v) is 10.8. The Morgan fingerprint density at radius 3 is 3.21 bits per heavy atom. The number of halogens is 2. The highest BCUT2D eigenvalue weighted by Gasteiger charge is 2.23. The minimum atomic E-state index is -0.285. The molecule has 2 rings (SSSR count). The molecule has 1 aliphatic heterocycles. The van der Waals surface area contributed by atoms with Crippen molar-refractivity contribution >= 4 is 38.5 Å². The second-order valence-electron chi connectivity index (χ2n) is 2.80. The zero-order valence-electron chi connectivity index (χ0n) is 7.04. The summed E-state index contributed by atoms with van der Waals surface area (Å²) in [7, 11) is 0. The number of rotatable bonds is 1. The predicted molar refractivity (Wildman–Crippen MR) is 61.7 cm³/mol. The number of aromatic nitrogens is 1. The van der Waals surface area contributed by atoms with Crippen molar-refractivity contribution in [2.24, 2.45) is 0 Å². The van der Waals surface area contributed by atoms with E-state index in [1.807, 2.05) is 0 Å². The highest BCUT2D eigenvalue weighted by atomic mass is 127. The first-order valence-electron chi connectivity index (χ1n) is 3.97. The Balaban J connectivity index is 2.37. The number of hydrogen-bond acceptors (Lipinski definition) is 4. The summed E-state index contributed by atoms with van der Waals surface area (Å²) >= 11 is 5.38. The molecule has 1 aliphatic rings. The van der Waals surface area contributed by atoms with Gasteiger partial charge < -0.3 is 14.6 Å². The van der Waals surface area contributed by atoms with E-state index in [1.54, 1.807) is 6.07 Å². The van der Waals surface area contributed by atoms with Crippen molar-refractivity contribution in [1.29, 1.82) is 0 Å². The van der Waals surface area contributed by atoms with Crippen LogP contribution in [0, 0.1) is 3.70 Å². The monoisotopic (exact) mass is 371 g/mol. The van der Waals surface area contributed by atoms with Crippen LogP contribution in [0.2, 0.25) is 0 Å². The number of aliphatic hydroxyl groups is 1. The summed E-state index contributed by atoms with van der Waals surface area (Å²) < 4.78 is 12.4. The molecule has 1 N–H and O–H groups in total. The molecule has 76 valence electrons. The van der Waals surface area contributed by atoms with Gasteiger partial charge in [-0.25, -0.2) is 4.98 Å². The largest absolute Gasteiger partial charge is 0.483 e. The molecule has 0 radical (unpaired) electrons. The smallest absolute Gasteiger partial charge is 0.194 e. The maximum absolute atomic E-state index is 8.92. The molecule has 6 heteroatoms. The van der Waals surface area contributed by atoms with E-state index in [0.29, 0.717) is 22.7 Å². The van der Waals surface area contributed by atoms with Gasteiger partial charge in [0, 0.05) is 6.07 Å². The molecule has 0 bridgehead atoms. The Morgan fingerprint density at radius 2 is 2.50 bits per heavy atom. The van der Waals surface area contributed by atoms with E-state index in [1.165, 1.54) is 0 Å². The van der Waals surface area contributed by atoms with Crippen molar-refractivity contribution < 1.29 is 14.6 Å². The van der Waals surface area contributed by atoms with Crippen molar-refractivity contribution in [3.8, 4) is 11.5 Å². The SMILES string of the molecule is OCC1COc2c(cc(I)nc2Br)O1. The lowest BCUT2D eigenvalue weighted by molar-refractivity contribution is 0.0445. The first kappa shape index (κ1) is 10.4. The van der Waals surface area contributed by atoms with E-state index in [9.17, 15) is 0 Å². The van der Waals surface area contributed by atoms with Gasteiger partial charge >= 0.3 is 0 Å². The Kier molecular flexibility index (Phi) is 3.13. The second kappa shape index (κ2) is 4.19. The van der Waals surface area contributed by atoms with E-state index in [-0.39, 0.29) is 12.7 Å². The molecule has 1 aromatic rings. The lowest BCUT2D eigenvalue weighted by Crippen LogP contribution is -2.32. The Bertz CT molecular complexity index is 361. The minimum Gasteiger partial charge on any atom is -0.483 e. The quantitative estimate of drug-likeness (QED) is 0.601. The third-order valence-corrected chi connectivity index (χ3v) is 2.87. The molecule has 0 spiro atoms. The number of pyridine rings is 1. The molecule has 1 atom stereocenters. The van der Waals surface area contributed by atoms with Crippen LogP contribution in [0.15, 0.2) is 10.7 Å². The maximum atomic E-state index is 8.92. The van der Waals surface area contributed by atoms with Crippen LogP contribution < -0.4 is 9.47 Å². The summed E-state index contributed by atoms with van der Waals surface area (Å²) in [6.07, 6.45) is -0.285. The van der Waals surface area contributed by atoms with E-state index in [4.69, 9.17) is 14.6 Å². The van der Waals surface area contributed by atoms with E-state index in [0.717, 1.165) is 3.70 Å². The van der Waals surface area contributed by atoms with Crippen LogP contribution in [-0.2, 0) is 0 Å². The molecule has 1 aromatic heterocycles. The molecule has 14 heavy (non-hydrogen) atoms.